The molecule has 0 radical (unpaired) electrons. The summed E-state index contributed by atoms with van der Waals surface area (Å²) in [6, 6.07) is 5.39. The van der Waals surface area contributed by atoms with Crippen LogP contribution in [-0.4, -0.2) is 31.4 Å². The van der Waals surface area contributed by atoms with Gasteiger partial charge < -0.3 is 0 Å². The summed E-state index contributed by atoms with van der Waals surface area (Å²) in [6.07, 6.45) is 10.4. The van der Waals surface area contributed by atoms with E-state index in [-0.39, 0.29) is 5.83 Å². The summed E-state index contributed by atoms with van der Waals surface area (Å²) in [6.45, 7) is 7.33. The lowest BCUT2D eigenvalue weighted by atomic mass is 10.0. The molecule has 1 aliphatic rings. The van der Waals surface area contributed by atoms with E-state index in [1.807, 2.05) is 26.8 Å². The predicted octanol–water partition coefficient (Wildman–Crippen LogP) is 5.65. The topological polar surface area (TPSA) is 56.5 Å². The van der Waals surface area contributed by atoms with E-state index in [1.165, 1.54) is 29.9 Å². The molecule has 2 heterocycles. The number of allylic oxidation sites excluding steroid dienone is 10. The van der Waals surface area contributed by atoms with Gasteiger partial charge in [0.1, 0.15) is 11.9 Å². The molecule has 0 aromatic carbocycles. The van der Waals surface area contributed by atoms with Gasteiger partial charge >= 0.3 is 0 Å². The van der Waals surface area contributed by atoms with Gasteiger partial charge in [-0.15, -0.1) is 15.0 Å². The van der Waals surface area contributed by atoms with Crippen molar-refractivity contribution in [1.82, 2.24) is 25.2 Å². The number of tetrazole rings is 1. The summed E-state index contributed by atoms with van der Waals surface area (Å²) in [4.78, 5) is 5.46. The van der Waals surface area contributed by atoms with E-state index >= 15 is 0 Å². The summed E-state index contributed by atoms with van der Waals surface area (Å²) in [5, 5.41) is 12.3. The average molecular weight is 397 g/mol. The van der Waals surface area contributed by atoms with Crippen molar-refractivity contribution in [3.8, 4) is 11.5 Å². The number of hydrogen-bond donors (Lipinski definition) is 0. The van der Waals surface area contributed by atoms with Crippen molar-refractivity contribution >= 4 is 5.70 Å². The Morgan fingerprint density at radius 3 is 2.69 bits per heavy atom. The first-order valence-electron chi connectivity index (χ1n) is 9.57. The van der Waals surface area contributed by atoms with Gasteiger partial charge in [0.15, 0.2) is 0 Å². The highest BCUT2D eigenvalue weighted by Gasteiger charge is 2.14. The highest BCUT2D eigenvalue weighted by Crippen LogP contribution is 2.24. The van der Waals surface area contributed by atoms with Gasteiger partial charge in [0.05, 0.1) is 11.5 Å². The van der Waals surface area contributed by atoms with Crippen LogP contribution in [0.15, 0.2) is 77.8 Å². The van der Waals surface area contributed by atoms with Crippen LogP contribution >= 0.6 is 0 Å². The molecule has 7 heteroatoms. The van der Waals surface area contributed by atoms with Gasteiger partial charge in [-0.2, -0.15) is 0 Å². The Balaban J connectivity index is 0.00000145. The molecule has 0 fully saturated rings. The molecule has 152 valence electrons. The number of rotatable bonds is 5. The van der Waals surface area contributed by atoms with Crippen LogP contribution in [0.5, 0.6) is 0 Å². The quantitative estimate of drug-likeness (QED) is 0.612. The third-order valence-electron chi connectivity index (χ3n) is 3.90. The Bertz CT molecular complexity index is 949. The zero-order valence-corrected chi connectivity index (χ0v) is 17.0. The van der Waals surface area contributed by atoms with E-state index in [4.69, 9.17) is 0 Å². The van der Waals surface area contributed by atoms with Crippen LogP contribution in [0, 0.1) is 0 Å². The molecule has 1 atom stereocenters. The maximum Gasteiger partial charge on any atom is 0.223 e. The molecule has 0 N–H and O–H groups in total. The van der Waals surface area contributed by atoms with E-state index < -0.39 is 6.17 Å². The standard InChI is InChI=1S/C20H19F2N5.C2H6/c1-3-15(8-7-14(2)21)16-9-10-17(22)13-18(12-16)27-25-20(24-26-27)19-6-4-5-11-23-19;1-2/h4-13,17H,3H2,1-2H3;1-2H3/b14-7+,15-8+;. The number of alkyl halides is 1. The first-order chi connectivity index (χ1) is 14.1. The molecule has 0 saturated carbocycles. The van der Waals surface area contributed by atoms with Crippen LogP contribution in [0.1, 0.15) is 34.1 Å². The minimum absolute atomic E-state index is 0.295. The van der Waals surface area contributed by atoms with Crippen molar-refractivity contribution in [2.75, 3.05) is 0 Å². The summed E-state index contributed by atoms with van der Waals surface area (Å²) < 4.78 is 27.3. The van der Waals surface area contributed by atoms with E-state index in [9.17, 15) is 8.78 Å². The minimum atomic E-state index is -1.30. The number of aromatic nitrogens is 5. The first-order valence-corrected chi connectivity index (χ1v) is 9.57. The first kappa shape index (κ1) is 22.1. The smallest absolute Gasteiger partial charge is 0.223 e. The third kappa shape index (κ3) is 6.14. The number of hydrogen-bond acceptors (Lipinski definition) is 4. The largest absolute Gasteiger partial charge is 0.253 e. The van der Waals surface area contributed by atoms with Crippen LogP contribution in [0.3, 0.4) is 0 Å². The molecular weight excluding hydrogens is 372 g/mol. The van der Waals surface area contributed by atoms with E-state index in [2.05, 4.69) is 20.4 Å². The highest BCUT2D eigenvalue weighted by atomic mass is 19.1. The molecule has 1 unspecified atom stereocenters. The summed E-state index contributed by atoms with van der Waals surface area (Å²) >= 11 is 0. The van der Waals surface area contributed by atoms with Crippen LogP contribution in [0.2, 0.25) is 0 Å². The zero-order valence-electron chi connectivity index (χ0n) is 17.0. The molecule has 5 nitrogen and oxygen atoms in total. The SMILES string of the molecule is CC.CC/C(=C\C=C(/C)F)C1=CC(n2nnc(-c3ccccn3)n2)=CC(F)C=C1. The monoisotopic (exact) mass is 397 g/mol. The second-order valence-electron chi connectivity index (χ2n) is 5.91. The van der Waals surface area contributed by atoms with Gasteiger partial charge in [-0.3, -0.25) is 4.98 Å². The minimum Gasteiger partial charge on any atom is -0.253 e. The lowest BCUT2D eigenvalue weighted by Crippen LogP contribution is -2.03. The molecule has 29 heavy (non-hydrogen) atoms. The van der Waals surface area contributed by atoms with Crippen molar-refractivity contribution in [2.45, 2.75) is 40.3 Å². The Hall–Kier alpha value is -3.22. The fourth-order valence-corrected chi connectivity index (χ4v) is 2.55. The molecule has 3 rings (SSSR count). The lowest BCUT2D eigenvalue weighted by molar-refractivity contribution is 0.468. The molecule has 1 aliphatic carbocycles. The molecule has 0 amide bonds. The van der Waals surface area contributed by atoms with Gasteiger partial charge in [-0.1, -0.05) is 39.0 Å². The Morgan fingerprint density at radius 1 is 1.24 bits per heavy atom. The summed E-state index contributed by atoms with van der Waals surface area (Å²) in [7, 11) is 0. The van der Waals surface area contributed by atoms with Crippen molar-refractivity contribution in [3.63, 3.8) is 0 Å². The molecule has 0 spiro atoms. The second kappa shape index (κ2) is 10.9. The second-order valence-corrected chi connectivity index (χ2v) is 5.91. The maximum atomic E-state index is 14.2. The van der Waals surface area contributed by atoms with Crippen LogP contribution in [0.4, 0.5) is 8.78 Å². The summed E-state index contributed by atoms with van der Waals surface area (Å²) in [5.74, 6) is 0.0533. The molecule has 2 aromatic rings. The fraction of sp³-hybridized carbons (Fsp3) is 0.273. The Morgan fingerprint density at radius 2 is 2.03 bits per heavy atom. The molecule has 0 aliphatic heterocycles. The Kier molecular flexibility index (Phi) is 8.33. The maximum absolute atomic E-state index is 14.2. The zero-order chi connectivity index (χ0) is 21.2. The van der Waals surface area contributed by atoms with Crippen LogP contribution in [-0.2, 0) is 0 Å². The van der Waals surface area contributed by atoms with Crippen molar-refractivity contribution < 1.29 is 8.78 Å². The van der Waals surface area contributed by atoms with Crippen molar-refractivity contribution in [1.29, 1.82) is 0 Å². The normalized spacial score (nSPS) is 17.1. The van der Waals surface area contributed by atoms with Crippen molar-refractivity contribution in [3.05, 3.63) is 77.8 Å². The van der Waals surface area contributed by atoms with E-state index in [0.29, 0.717) is 23.6 Å². The molecule has 0 saturated heterocycles. The van der Waals surface area contributed by atoms with E-state index in [0.717, 1.165) is 11.1 Å². The van der Waals surface area contributed by atoms with Gasteiger partial charge in [0.2, 0.25) is 5.82 Å². The average Bonchev–Trinajstić information content (AvgIpc) is 3.15. The number of nitrogens with zero attached hydrogens (tertiary/aromatic N) is 5. The lowest BCUT2D eigenvalue weighted by Gasteiger charge is -2.06. The predicted molar refractivity (Wildman–Crippen MR) is 112 cm³/mol. The Labute approximate surface area is 169 Å². The highest BCUT2D eigenvalue weighted by molar-refractivity contribution is 5.64. The van der Waals surface area contributed by atoms with Gasteiger partial charge in [-0.25, -0.2) is 8.78 Å². The number of halogens is 2. The summed E-state index contributed by atoms with van der Waals surface area (Å²) in [5.41, 5.74) is 2.65. The van der Waals surface area contributed by atoms with Crippen LogP contribution in [0.25, 0.3) is 17.2 Å². The van der Waals surface area contributed by atoms with Gasteiger partial charge in [0, 0.05) is 6.20 Å². The third-order valence-corrected chi connectivity index (χ3v) is 3.90. The number of pyridine rings is 1. The van der Waals surface area contributed by atoms with Gasteiger partial charge in [-0.05, 0) is 66.1 Å². The molecule has 0 bridgehead atoms. The molecule has 2 aromatic heterocycles. The molecular formula is C22H25F2N5. The van der Waals surface area contributed by atoms with Crippen molar-refractivity contribution in [2.24, 2.45) is 0 Å². The van der Waals surface area contributed by atoms with Crippen LogP contribution < -0.4 is 0 Å². The van der Waals surface area contributed by atoms with E-state index in [1.54, 1.807) is 36.6 Å². The van der Waals surface area contributed by atoms with Gasteiger partial charge in [0.25, 0.3) is 0 Å². The fourth-order valence-electron chi connectivity index (χ4n) is 2.55.